The van der Waals surface area contributed by atoms with Gasteiger partial charge in [0.15, 0.2) is 13.8 Å². The molecule has 7 heteroatoms. The minimum Gasteiger partial charge on any atom is -0.369 e. The van der Waals surface area contributed by atoms with Crippen LogP contribution < -0.4 is 10.6 Å². The van der Waals surface area contributed by atoms with E-state index in [0.29, 0.717) is 11.3 Å². The van der Waals surface area contributed by atoms with Crippen molar-refractivity contribution in [2.24, 2.45) is 10.7 Å². The Morgan fingerprint density at radius 1 is 1.73 bits per heavy atom. The zero-order valence-electron chi connectivity index (χ0n) is 8.17. The molecule has 1 aliphatic heterocycles. The number of hydrogen-bond acceptors (Lipinski definition) is 5. The van der Waals surface area contributed by atoms with Crippen LogP contribution in [0.1, 0.15) is 17.3 Å². The van der Waals surface area contributed by atoms with Crippen molar-refractivity contribution in [2.45, 2.75) is 12.5 Å². The van der Waals surface area contributed by atoms with E-state index in [1.165, 1.54) is 16.2 Å². The standard InChI is InChI=1S/C8H9BN4OS/c1-13-6(14)2-4(12-8(13)10)5-3-11-7(9)15-5/h3-4H,2H2,1H3,(H2,10,12)/t4-/m0/s1. The Hall–Kier alpha value is -1.37. The van der Waals surface area contributed by atoms with Crippen LogP contribution in [0, 0.1) is 0 Å². The van der Waals surface area contributed by atoms with Gasteiger partial charge in [-0.3, -0.25) is 14.7 Å². The topological polar surface area (TPSA) is 71.6 Å². The Kier molecular flexibility index (Phi) is 2.48. The molecular formula is C8H9BN4OS. The van der Waals surface area contributed by atoms with Gasteiger partial charge in [-0.1, -0.05) is 0 Å². The third kappa shape index (κ3) is 1.87. The molecule has 0 bridgehead atoms. The minimum atomic E-state index is -0.233. The molecule has 1 aromatic rings. The highest BCUT2D eigenvalue weighted by Crippen LogP contribution is 2.26. The molecular weight excluding hydrogens is 211 g/mol. The van der Waals surface area contributed by atoms with Crippen LogP contribution in [0.15, 0.2) is 11.2 Å². The zero-order valence-corrected chi connectivity index (χ0v) is 8.99. The molecule has 2 rings (SSSR count). The van der Waals surface area contributed by atoms with Crippen molar-refractivity contribution < 1.29 is 4.79 Å². The molecule has 0 fully saturated rings. The van der Waals surface area contributed by atoms with Crippen molar-refractivity contribution in [2.75, 3.05) is 7.05 Å². The van der Waals surface area contributed by atoms with E-state index in [9.17, 15) is 4.79 Å². The molecule has 1 aliphatic rings. The molecule has 0 spiro atoms. The van der Waals surface area contributed by atoms with Gasteiger partial charge in [-0.25, -0.2) is 4.99 Å². The summed E-state index contributed by atoms with van der Waals surface area (Å²) in [7, 11) is 7.12. The second-order valence-electron chi connectivity index (χ2n) is 3.26. The van der Waals surface area contributed by atoms with E-state index in [1.54, 1.807) is 13.2 Å². The molecule has 2 N–H and O–H groups in total. The van der Waals surface area contributed by atoms with Gasteiger partial charge >= 0.3 is 0 Å². The number of thiazole rings is 1. The highest BCUT2D eigenvalue weighted by atomic mass is 32.1. The van der Waals surface area contributed by atoms with Gasteiger partial charge in [-0.15, -0.1) is 11.3 Å². The van der Waals surface area contributed by atoms with Crippen LogP contribution in [0.4, 0.5) is 0 Å². The molecule has 0 aromatic carbocycles. The molecule has 1 amide bonds. The van der Waals surface area contributed by atoms with Crippen LogP contribution in [0.2, 0.25) is 0 Å². The zero-order chi connectivity index (χ0) is 11.0. The largest absolute Gasteiger partial charge is 0.369 e. The van der Waals surface area contributed by atoms with Crippen LogP contribution in [0.5, 0.6) is 0 Å². The average molecular weight is 220 g/mol. The van der Waals surface area contributed by atoms with Crippen molar-refractivity contribution in [1.29, 1.82) is 0 Å². The lowest BCUT2D eigenvalue weighted by molar-refractivity contribution is -0.127. The fourth-order valence-electron chi connectivity index (χ4n) is 1.34. The van der Waals surface area contributed by atoms with Gasteiger partial charge in [0.1, 0.15) is 0 Å². The SMILES string of the molecule is [B]c1ncc([C@@H]2CC(=O)N(C)C(N)=N2)s1. The van der Waals surface area contributed by atoms with Gasteiger partial charge in [0.25, 0.3) is 0 Å². The van der Waals surface area contributed by atoms with E-state index in [4.69, 9.17) is 13.6 Å². The lowest BCUT2D eigenvalue weighted by Crippen LogP contribution is -2.42. The van der Waals surface area contributed by atoms with Gasteiger partial charge in [0, 0.05) is 23.0 Å². The lowest BCUT2D eigenvalue weighted by atomic mass is 10.1. The minimum absolute atomic E-state index is 0.0422. The van der Waals surface area contributed by atoms with Crippen LogP contribution in [-0.2, 0) is 4.79 Å². The number of aliphatic imine (C=N–C) groups is 1. The summed E-state index contributed by atoms with van der Waals surface area (Å²) in [6, 6.07) is -0.233. The molecule has 76 valence electrons. The summed E-state index contributed by atoms with van der Waals surface area (Å²) < 4.78 is 0. The highest BCUT2D eigenvalue weighted by Gasteiger charge is 2.26. The van der Waals surface area contributed by atoms with Crippen LogP contribution in [0.25, 0.3) is 0 Å². The molecule has 0 saturated heterocycles. The van der Waals surface area contributed by atoms with E-state index >= 15 is 0 Å². The number of guanidine groups is 1. The molecule has 1 aromatic heterocycles. The van der Waals surface area contributed by atoms with E-state index in [-0.39, 0.29) is 17.9 Å². The summed E-state index contributed by atoms with van der Waals surface area (Å²) >= 11 is 1.33. The van der Waals surface area contributed by atoms with E-state index in [1.807, 2.05) is 0 Å². The number of nitrogens with two attached hydrogens (primary N) is 1. The maximum atomic E-state index is 11.5. The van der Waals surface area contributed by atoms with E-state index < -0.39 is 0 Å². The Morgan fingerprint density at radius 3 is 3.00 bits per heavy atom. The van der Waals surface area contributed by atoms with E-state index in [2.05, 4.69) is 9.98 Å². The predicted octanol–water partition coefficient (Wildman–Crippen LogP) is -0.845. The maximum Gasteiger partial charge on any atom is 0.231 e. The first kappa shape index (κ1) is 10.2. The number of aromatic nitrogens is 1. The van der Waals surface area contributed by atoms with Crippen LogP contribution in [0.3, 0.4) is 0 Å². The van der Waals surface area contributed by atoms with Crippen molar-refractivity contribution >= 4 is 36.0 Å². The molecule has 2 heterocycles. The number of hydrogen-bond donors (Lipinski definition) is 1. The first-order chi connectivity index (χ1) is 7.08. The third-order valence-electron chi connectivity index (χ3n) is 2.24. The quantitative estimate of drug-likeness (QED) is 0.627. The fraction of sp³-hybridized carbons (Fsp3) is 0.375. The summed E-state index contributed by atoms with van der Waals surface area (Å²) in [6.07, 6.45) is 1.96. The Labute approximate surface area is 92.4 Å². The van der Waals surface area contributed by atoms with Gasteiger partial charge in [-0.2, -0.15) is 0 Å². The normalized spacial score (nSPS) is 21.7. The molecule has 2 radical (unpaired) electrons. The second kappa shape index (κ2) is 3.65. The lowest BCUT2D eigenvalue weighted by Gasteiger charge is -2.24. The summed E-state index contributed by atoms with van der Waals surface area (Å²) in [6.45, 7) is 0. The number of amides is 1. The molecule has 15 heavy (non-hydrogen) atoms. The summed E-state index contributed by atoms with van der Waals surface area (Å²) in [5.41, 5.74) is 5.61. The smallest absolute Gasteiger partial charge is 0.231 e. The molecule has 0 aliphatic carbocycles. The molecule has 1 atom stereocenters. The first-order valence-corrected chi connectivity index (χ1v) is 5.20. The van der Waals surface area contributed by atoms with Crippen molar-refractivity contribution in [3.8, 4) is 0 Å². The van der Waals surface area contributed by atoms with Gasteiger partial charge < -0.3 is 5.73 Å². The highest BCUT2D eigenvalue weighted by molar-refractivity contribution is 7.19. The summed E-state index contributed by atoms with van der Waals surface area (Å²) in [5, 5.41) is 0. The predicted molar refractivity (Wildman–Crippen MR) is 59.3 cm³/mol. The fourth-order valence-corrected chi connectivity index (χ4v) is 2.07. The Morgan fingerprint density at radius 2 is 2.47 bits per heavy atom. The van der Waals surface area contributed by atoms with Crippen molar-refractivity contribution in [1.82, 2.24) is 9.88 Å². The number of nitrogens with zero attached hydrogens (tertiary/aromatic N) is 3. The van der Waals surface area contributed by atoms with Crippen molar-refractivity contribution in [3.05, 3.63) is 11.1 Å². The van der Waals surface area contributed by atoms with Crippen LogP contribution in [-0.4, -0.2) is 36.6 Å². The van der Waals surface area contributed by atoms with Gasteiger partial charge in [0.05, 0.1) is 12.5 Å². The Bertz CT molecular complexity index is 430. The number of carbonyl (C=O) groups excluding carboxylic acids is 1. The van der Waals surface area contributed by atoms with Gasteiger partial charge in [0.2, 0.25) is 5.91 Å². The maximum absolute atomic E-state index is 11.5. The second-order valence-corrected chi connectivity index (χ2v) is 4.35. The number of carbonyl (C=O) groups is 1. The first-order valence-electron chi connectivity index (χ1n) is 4.39. The summed E-state index contributed by atoms with van der Waals surface area (Å²) in [4.78, 5) is 22.3. The number of rotatable bonds is 1. The Balaban J connectivity index is 2.29. The van der Waals surface area contributed by atoms with E-state index in [0.717, 1.165) is 4.88 Å². The van der Waals surface area contributed by atoms with Gasteiger partial charge in [-0.05, 0) is 0 Å². The van der Waals surface area contributed by atoms with Crippen LogP contribution >= 0.6 is 11.3 Å². The van der Waals surface area contributed by atoms with Crippen molar-refractivity contribution in [3.63, 3.8) is 0 Å². The monoisotopic (exact) mass is 220 g/mol. The third-order valence-corrected chi connectivity index (χ3v) is 3.17. The molecule has 0 unspecified atom stereocenters. The molecule has 0 saturated carbocycles. The summed E-state index contributed by atoms with van der Waals surface area (Å²) in [5.74, 6) is 0.197. The average Bonchev–Trinajstić information content (AvgIpc) is 2.60. The molecule has 5 nitrogen and oxygen atoms in total.